The van der Waals surface area contributed by atoms with E-state index in [9.17, 15) is 19.7 Å². The summed E-state index contributed by atoms with van der Waals surface area (Å²) >= 11 is 1.22. The molecule has 0 unspecified atom stereocenters. The molecule has 10 nitrogen and oxygen atoms in total. The summed E-state index contributed by atoms with van der Waals surface area (Å²) in [6.07, 6.45) is 1.79. The molecule has 0 aliphatic carbocycles. The highest BCUT2D eigenvalue weighted by molar-refractivity contribution is 7.07. The fourth-order valence-electron chi connectivity index (χ4n) is 4.51. The first-order valence-electron chi connectivity index (χ1n) is 12.5. The number of thiazole rings is 1. The third-order valence-electron chi connectivity index (χ3n) is 6.46. The molecule has 0 N–H and O–H groups in total. The van der Waals surface area contributed by atoms with Crippen LogP contribution in [0, 0.1) is 10.1 Å². The number of allylic oxidation sites excluding steroid dienone is 1. The van der Waals surface area contributed by atoms with Crippen molar-refractivity contribution in [2.24, 2.45) is 4.99 Å². The molecule has 11 heteroatoms. The molecule has 2 aromatic heterocycles. The zero-order chi connectivity index (χ0) is 28.6. The van der Waals surface area contributed by atoms with Gasteiger partial charge in [-0.1, -0.05) is 35.6 Å². The Bertz CT molecular complexity index is 1830. The molecule has 1 atom stereocenters. The molecule has 4 aromatic rings. The summed E-state index contributed by atoms with van der Waals surface area (Å²) < 4.78 is 13.4. The van der Waals surface area contributed by atoms with E-state index in [0.29, 0.717) is 32.1 Å². The Kier molecular flexibility index (Phi) is 7.22. The number of fused-ring (bicyclic) bond motifs is 1. The predicted octanol–water partition coefficient (Wildman–Crippen LogP) is 4.03. The molecule has 3 heterocycles. The van der Waals surface area contributed by atoms with Crippen molar-refractivity contribution in [3.05, 3.63) is 113 Å². The van der Waals surface area contributed by atoms with E-state index in [4.69, 9.17) is 9.15 Å². The summed E-state index contributed by atoms with van der Waals surface area (Å²) in [6, 6.07) is 16.2. The van der Waals surface area contributed by atoms with Crippen molar-refractivity contribution in [3.8, 4) is 11.3 Å². The van der Waals surface area contributed by atoms with Crippen molar-refractivity contribution >= 4 is 34.8 Å². The summed E-state index contributed by atoms with van der Waals surface area (Å²) in [6.45, 7) is 3.54. The van der Waals surface area contributed by atoms with Gasteiger partial charge in [0.2, 0.25) is 0 Å². The van der Waals surface area contributed by atoms with Crippen LogP contribution in [0.1, 0.15) is 31.2 Å². The number of anilines is 1. The van der Waals surface area contributed by atoms with E-state index in [1.165, 1.54) is 28.0 Å². The van der Waals surface area contributed by atoms with Crippen molar-refractivity contribution in [1.82, 2.24) is 4.57 Å². The van der Waals surface area contributed by atoms with Gasteiger partial charge in [0.15, 0.2) is 4.80 Å². The number of aromatic nitrogens is 1. The van der Waals surface area contributed by atoms with E-state index in [1.807, 2.05) is 43.3 Å². The van der Waals surface area contributed by atoms with Gasteiger partial charge < -0.3 is 14.1 Å². The van der Waals surface area contributed by atoms with Gasteiger partial charge in [-0.05, 0) is 49.8 Å². The van der Waals surface area contributed by atoms with E-state index in [0.717, 1.165) is 11.3 Å². The molecular formula is C29H26N4O6S. The lowest BCUT2D eigenvalue weighted by molar-refractivity contribution is -0.384. The summed E-state index contributed by atoms with van der Waals surface area (Å²) in [4.78, 5) is 44.7. The topological polar surface area (TPSA) is 120 Å². The van der Waals surface area contributed by atoms with Crippen LogP contribution in [0.15, 0.2) is 86.1 Å². The molecule has 0 amide bonds. The Labute approximate surface area is 232 Å². The van der Waals surface area contributed by atoms with E-state index >= 15 is 0 Å². The van der Waals surface area contributed by atoms with Crippen LogP contribution in [0.4, 0.5) is 11.4 Å². The molecule has 1 aliphatic heterocycles. The van der Waals surface area contributed by atoms with Crippen molar-refractivity contribution in [2.45, 2.75) is 19.9 Å². The van der Waals surface area contributed by atoms with Gasteiger partial charge in [0.25, 0.3) is 11.2 Å². The first kappa shape index (κ1) is 26.8. The Balaban J connectivity index is 1.65. The number of carbonyl (C=O) groups is 1. The quantitative estimate of drug-likeness (QED) is 0.191. The van der Waals surface area contributed by atoms with Gasteiger partial charge in [0.05, 0.1) is 27.3 Å². The van der Waals surface area contributed by atoms with Crippen LogP contribution in [0.5, 0.6) is 0 Å². The number of benzene rings is 2. The van der Waals surface area contributed by atoms with E-state index < -0.39 is 16.9 Å². The Morgan fingerprint density at radius 3 is 2.62 bits per heavy atom. The zero-order valence-electron chi connectivity index (χ0n) is 22.3. The highest BCUT2D eigenvalue weighted by Gasteiger charge is 2.35. The van der Waals surface area contributed by atoms with Crippen LogP contribution in [-0.2, 0) is 9.53 Å². The smallest absolute Gasteiger partial charge is 0.338 e. The summed E-state index contributed by atoms with van der Waals surface area (Å²) in [7, 11) is 3.91. The van der Waals surface area contributed by atoms with Crippen LogP contribution >= 0.6 is 11.3 Å². The monoisotopic (exact) mass is 558 g/mol. The number of nitro groups is 1. The Morgan fingerprint density at radius 2 is 1.95 bits per heavy atom. The number of ether oxygens (including phenoxy) is 1. The highest BCUT2D eigenvalue weighted by atomic mass is 32.1. The Hall–Kier alpha value is -4.77. The third kappa shape index (κ3) is 4.98. The largest absolute Gasteiger partial charge is 0.463 e. The first-order chi connectivity index (χ1) is 19.2. The molecule has 0 bridgehead atoms. The van der Waals surface area contributed by atoms with Gasteiger partial charge in [0.1, 0.15) is 17.6 Å². The summed E-state index contributed by atoms with van der Waals surface area (Å²) in [5, 5.41) is 11.3. The lowest BCUT2D eigenvalue weighted by Gasteiger charge is -2.22. The molecule has 0 radical (unpaired) electrons. The van der Waals surface area contributed by atoms with Crippen LogP contribution < -0.4 is 19.8 Å². The number of furan rings is 1. The van der Waals surface area contributed by atoms with E-state index in [2.05, 4.69) is 4.99 Å². The summed E-state index contributed by atoms with van der Waals surface area (Å²) in [5.41, 5.74) is 2.58. The van der Waals surface area contributed by atoms with Crippen LogP contribution in [0.2, 0.25) is 0 Å². The normalized spacial score (nSPS) is 15.0. The minimum absolute atomic E-state index is 0.0787. The minimum atomic E-state index is -0.930. The molecule has 2 aromatic carbocycles. The average molecular weight is 559 g/mol. The van der Waals surface area contributed by atoms with Gasteiger partial charge in [-0.15, -0.1) is 0 Å². The fraction of sp³-hybridized carbons (Fsp3) is 0.207. The van der Waals surface area contributed by atoms with Crippen molar-refractivity contribution in [2.75, 3.05) is 25.6 Å². The molecule has 0 spiro atoms. The van der Waals surface area contributed by atoms with Gasteiger partial charge in [0, 0.05) is 37.5 Å². The number of nitrogens with zero attached hydrogens (tertiary/aromatic N) is 4. The molecule has 5 rings (SSSR count). The maximum absolute atomic E-state index is 13.8. The highest BCUT2D eigenvalue weighted by Crippen LogP contribution is 2.34. The second kappa shape index (κ2) is 10.8. The van der Waals surface area contributed by atoms with Crippen LogP contribution in [-0.4, -0.2) is 36.2 Å². The maximum Gasteiger partial charge on any atom is 0.338 e. The lowest BCUT2D eigenvalue weighted by Crippen LogP contribution is -2.39. The number of hydrogen-bond donors (Lipinski definition) is 0. The van der Waals surface area contributed by atoms with Gasteiger partial charge in [-0.3, -0.25) is 19.5 Å². The van der Waals surface area contributed by atoms with Crippen molar-refractivity contribution < 1.29 is 18.9 Å². The van der Waals surface area contributed by atoms with Gasteiger partial charge >= 0.3 is 5.97 Å². The average Bonchev–Trinajstić information content (AvgIpc) is 3.53. The van der Waals surface area contributed by atoms with Gasteiger partial charge in [-0.25, -0.2) is 9.79 Å². The minimum Gasteiger partial charge on any atom is -0.463 e. The van der Waals surface area contributed by atoms with Crippen LogP contribution in [0.25, 0.3) is 17.4 Å². The van der Waals surface area contributed by atoms with E-state index in [1.54, 1.807) is 44.2 Å². The molecule has 1 aliphatic rings. The third-order valence-corrected chi connectivity index (χ3v) is 7.44. The predicted molar refractivity (Wildman–Crippen MR) is 152 cm³/mol. The van der Waals surface area contributed by atoms with Crippen molar-refractivity contribution in [3.63, 3.8) is 0 Å². The summed E-state index contributed by atoms with van der Waals surface area (Å²) in [5.74, 6) is 0.0668. The second-order valence-electron chi connectivity index (χ2n) is 9.30. The number of carbonyl (C=O) groups excluding carboxylic acids is 1. The lowest BCUT2D eigenvalue weighted by atomic mass is 10.0. The van der Waals surface area contributed by atoms with Crippen molar-refractivity contribution in [1.29, 1.82) is 0 Å². The second-order valence-corrected chi connectivity index (χ2v) is 10.3. The zero-order valence-corrected chi connectivity index (χ0v) is 23.1. The number of esters is 1. The molecule has 40 heavy (non-hydrogen) atoms. The standard InChI is InChI=1S/C29H26N4O6S/c1-5-38-28(35)25-17(2)30-29-32(27(34)24(40-29)15-18-9-11-20(12-10-18)31(3)4)26(25)23-14-13-22(39-23)19-7-6-8-21(16-19)33(36)37/h6-16,26H,5H2,1-4H3/b24-15-/t26-/m0/s1. The van der Waals surface area contributed by atoms with E-state index in [-0.39, 0.29) is 23.4 Å². The molecule has 0 saturated carbocycles. The molecule has 0 fully saturated rings. The van der Waals surface area contributed by atoms with Gasteiger partial charge in [-0.2, -0.15) is 0 Å². The first-order valence-corrected chi connectivity index (χ1v) is 13.3. The SMILES string of the molecule is CCOC(=O)C1=C(C)N=c2s/c(=C\c3ccc(N(C)C)cc3)c(=O)n2[C@H]1c1ccc(-c2cccc([N+](=O)[O-])c2)o1. The number of nitro benzene ring substituents is 1. The number of non-ortho nitro benzene ring substituents is 1. The number of rotatable bonds is 7. The number of hydrogen-bond acceptors (Lipinski definition) is 9. The maximum atomic E-state index is 13.8. The molecule has 0 saturated heterocycles. The van der Waals surface area contributed by atoms with Crippen LogP contribution in [0.3, 0.4) is 0 Å². The molecular weight excluding hydrogens is 532 g/mol. The Morgan fingerprint density at radius 1 is 1.20 bits per heavy atom. The fourth-order valence-corrected chi connectivity index (χ4v) is 5.56. The molecule has 204 valence electrons.